The molecule has 2 saturated heterocycles. The highest BCUT2D eigenvalue weighted by Gasteiger charge is 2.38. The third kappa shape index (κ3) is 5.03. The smallest absolute Gasteiger partial charge is 0.409 e. The third-order valence-electron chi connectivity index (χ3n) is 6.57. The minimum Gasteiger partial charge on any atom is -0.450 e. The Bertz CT molecular complexity index is 1000. The van der Waals surface area contributed by atoms with Crippen molar-refractivity contribution in [3.63, 3.8) is 0 Å². The van der Waals surface area contributed by atoms with Crippen LogP contribution < -0.4 is 5.32 Å². The van der Waals surface area contributed by atoms with Gasteiger partial charge in [-0.15, -0.1) is 0 Å². The van der Waals surface area contributed by atoms with E-state index in [0.717, 1.165) is 6.42 Å². The number of carbonyl (C=O) groups excluding carboxylic acids is 3. The largest absolute Gasteiger partial charge is 0.450 e. The van der Waals surface area contributed by atoms with Crippen molar-refractivity contribution in [1.29, 1.82) is 0 Å². The van der Waals surface area contributed by atoms with Gasteiger partial charge in [0.2, 0.25) is 11.8 Å². The van der Waals surface area contributed by atoms with Crippen molar-refractivity contribution in [3.05, 3.63) is 48.0 Å². The SMILES string of the molecule is CCOC(=O)N1CCN(C(=O)CCC2(Cc3ccc4ccccc4c3)CCC(=O)N2)CC1. The van der Waals surface area contributed by atoms with Crippen LogP contribution in [0.1, 0.15) is 38.2 Å². The zero-order valence-electron chi connectivity index (χ0n) is 18.6. The molecule has 0 radical (unpaired) electrons. The Balaban J connectivity index is 1.37. The first-order valence-electron chi connectivity index (χ1n) is 11.5. The first-order valence-corrected chi connectivity index (χ1v) is 11.5. The summed E-state index contributed by atoms with van der Waals surface area (Å²) in [6, 6.07) is 14.6. The zero-order valence-corrected chi connectivity index (χ0v) is 18.6. The van der Waals surface area contributed by atoms with Crippen LogP contribution >= 0.6 is 0 Å². The highest BCUT2D eigenvalue weighted by atomic mass is 16.6. The first kappa shape index (κ1) is 22.1. The summed E-state index contributed by atoms with van der Waals surface area (Å²) in [6.07, 6.45) is 2.63. The van der Waals surface area contributed by atoms with E-state index in [1.54, 1.807) is 11.8 Å². The van der Waals surface area contributed by atoms with Crippen molar-refractivity contribution in [2.24, 2.45) is 0 Å². The van der Waals surface area contributed by atoms with Crippen LogP contribution in [-0.2, 0) is 20.7 Å². The van der Waals surface area contributed by atoms with Gasteiger partial charge in [-0.3, -0.25) is 9.59 Å². The Morgan fingerprint density at radius 3 is 2.44 bits per heavy atom. The summed E-state index contributed by atoms with van der Waals surface area (Å²) in [5, 5.41) is 5.55. The molecule has 0 spiro atoms. The van der Waals surface area contributed by atoms with E-state index < -0.39 is 0 Å². The fraction of sp³-hybridized carbons (Fsp3) is 0.480. The maximum atomic E-state index is 12.9. The number of ether oxygens (including phenoxy) is 1. The van der Waals surface area contributed by atoms with Crippen molar-refractivity contribution in [3.8, 4) is 0 Å². The molecule has 2 heterocycles. The lowest BCUT2D eigenvalue weighted by atomic mass is 9.84. The second kappa shape index (κ2) is 9.59. The summed E-state index contributed by atoms with van der Waals surface area (Å²) in [7, 11) is 0. The molecule has 4 rings (SSSR count). The van der Waals surface area contributed by atoms with Gasteiger partial charge in [0.1, 0.15) is 0 Å². The van der Waals surface area contributed by atoms with Gasteiger partial charge in [0, 0.05) is 44.6 Å². The zero-order chi connectivity index (χ0) is 22.6. The van der Waals surface area contributed by atoms with Gasteiger partial charge in [0.15, 0.2) is 0 Å². The highest BCUT2D eigenvalue weighted by molar-refractivity contribution is 5.83. The topological polar surface area (TPSA) is 79.0 Å². The summed E-state index contributed by atoms with van der Waals surface area (Å²) < 4.78 is 5.04. The Morgan fingerprint density at radius 2 is 1.75 bits per heavy atom. The molecule has 0 aliphatic carbocycles. The predicted molar refractivity (Wildman–Crippen MR) is 122 cm³/mol. The Kier molecular flexibility index (Phi) is 6.63. The second-order valence-corrected chi connectivity index (χ2v) is 8.75. The fourth-order valence-electron chi connectivity index (χ4n) is 4.78. The molecule has 32 heavy (non-hydrogen) atoms. The molecule has 170 valence electrons. The van der Waals surface area contributed by atoms with E-state index in [2.05, 4.69) is 35.6 Å². The number of fused-ring (bicyclic) bond motifs is 1. The molecule has 2 aromatic carbocycles. The Hall–Kier alpha value is -3.09. The van der Waals surface area contributed by atoms with Crippen molar-refractivity contribution in [2.45, 2.75) is 44.6 Å². The highest BCUT2D eigenvalue weighted by Crippen LogP contribution is 2.31. The number of amides is 3. The van der Waals surface area contributed by atoms with Gasteiger partial charge < -0.3 is 19.9 Å². The lowest BCUT2D eigenvalue weighted by Crippen LogP contribution is -2.51. The number of piperazine rings is 1. The number of carbonyl (C=O) groups is 3. The van der Waals surface area contributed by atoms with Crippen LogP contribution in [0.3, 0.4) is 0 Å². The number of hydrogen-bond donors (Lipinski definition) is 1. The molecule has 1 unspecified atom stereocenters. The minimum atomic E-state index is -0.387. The van der Waals surface area contributed by atoms with Gasteiger partial charge in [-0.2, -0.15) is 0 Å². The van der Waals surface area contributed by atoms with Gasteiger partial charge >= 0.3 is 6.09 Å². The molecule has 7 nitrogen and oxygen atoms in total. The second-order valence-electron chi connectivity index (χ2n) is 8.75. The van der Waals surface area contributed by atoms with E-state index >= 15 is 0 Å². The van der Waals surface area contributed by atoms with E-state index in [9.17, 15) is 14.4 Å². The van der Waals surface area contributed by atoms with Gasteiger partial charge in [0.05, 0.1) is 6.61 Å². The van der Waals surface area contributed by atoms with Crippen molar-refractivity contribution in [1.82, 2.24) is 15.1 Å². The van der Waals surface area contributed by atoms with Crippen LogP contribution in [-0.4, -0.2) is 66.0 Å². The molecule has 0 bridgehead atoms. The van der Waals surface area contributed by atoms with Crippen LogP contribution in [0.25, 0.3) is 10.8 Å². The van der Waals surface area contributed by atoms with Crippen LogP contribution in [0.15, 0.2) is 42.5 Å². The van der Waals surface area contributed by atoms with Gasteiger partial charge in [-0.25, -0.2) is 4.79 Å². The number of nitrogens with zero attached hydrogens (tertiary/aromatic N) is 2. The quantitative estimate of drug-likeness (QED) is 0.753. The first-order chi connectivity index (χ1) is 15.5. The lowest BCUT2D eigenvalue weighted by Gasteiger charge is -2.35. The molecular weight excluding hydrogens is 406 g/mol. The molecule has 2 aliphatic rings. The standard InChI is InChI=1S/C25H31N3O4/c1-2-32-24(31)28-15-13-27(14-16-28)23(30)10-12-25(11-9-22(29)26-25)18-19-7-8-20-5-3-4-6-21(20)17-19/h3-8,17H,2,9-16,18H2,1H3,(H,26,29). The van der Waals surface area contributed by atoms with Crippen molar-refractivity contribution in [2.75, 3.05) is 32.8 Å². The van der Waals surface area contributed by atoms with E-state index in [1.807, 2.05) is 17.0 Å². The maximum absolute atomic E-state index is 12.9. The van der Waals surface area contributed by atoms with Gasteiger partial charge in [-0.05, 0) is 42.5 Å². The van der Waals surface area contributed by atoms with Crippen molar-refractivity contribution >= 4 is 28.7 Å². The van der Waals surface area contributed by atoms with E-state index in [-0.39, 0.29) is 23.4 Å². The average molecular weight is 438 g/mol. The summed E-state index contributed by atoms with van der Waals surface area (Å²) in [5.41, 5.74) is 0.781. The van der Waals surface area contributed by atoms with E-state index in [4.69, 9.17) is 4.74 Å². The van der Waals surface area contributed by atoms with Crippen LogP contribution in [0.5, 0.6) is 0 Å². The molecule has 0 saturated carbocycles. The third-order valence-corrected chi connectivity index (χ3v) is 6.57. The minimum absolute atomic E-state index is 0.0567. The molecule has 1 atom stereocenters. The normalized spacial score (nSPS) is 21.0. The summed E-state index contributed by atoms with van der Waals surface area (Å²) in [6.45, 7) is 4.15. The number of rotatable bonds is 6. The Morgan fingerprint density at radius 1 is 1.03 bits per heavy atom. The molecule has 2 aromatic rings. The monoisotopic (exact) mass is 437 g/mol. The molecule has 1 N–H and O–H groups in total. The fourth-order valence-corrected chi connectivity index (χ4v) is 4.78. The van der Waals surface area contributed by atoms with Crippen LogP contribution in [0, 0.1) is 0 Å². The van der Waals surface area contributed by atoms with Gasteiger partial charge in [0.25, 0.3) is 0 Å². The number of hydrogen-bond acceptors (Lipinski definition) is 4. The van der Waals surface area contributed by atoms with Gasteiger partial charge in [-0.1, -0.05) is 42.5 Å². The number of nitrogens with one attached hydrogen (secondary N) is 1. The summed E-state index contributed by atoms with van der Waals surface area (Å²) in [4.78, 5) is 40.3. The number of benzene rings is 2. The molecular formula is C25H31N3O4. The van der Waals surface area contributed by atoms with E-state index in [1.165, 1.54) is 16.3 Å². The molecule has 0 aromatic heterocycles. The summed E-state index contributed by atoms with van der Waals surface area (Å²) >= 11 is 0. The Labute approximate surface area is 188 Å². The van der Waals surface area contributed by atoms with Crippen LogP contribution in [0.2, 0.25) is 0 Å². The lowest BCUT2D eigenvalue weighted by molar-refractivity contribution is -0.133. The molecule has 7 heteroatoms. The molecule has 2 aliphatic heterocycles. The molecule has 3 amide bonds. The molecule has 2 fully saturated rings. The van der Waals surface area contributed by atoms with Crippen molar-refractivity contribution < 1.29 is 19.1 Å². The summed E-state index contributed by atoms with van der Waals surface area (Å²) in [5.74, 6) is 0.133. The predicted octanol–water partition coefficient (Wildman–Crippen LogP) is 3.11. The van der Waals surface area contributed by atoms with Crippen LogP contribution in [0.4, 0.5) is 4.79 Å². The average Bonchev–Trinajstić information content (AvgIpc) is 3.18. The maximum Gasteiger partial charge on any atom is 0.409 e. The van der Waals surface area contributed by atoms with E-state index in [0.29, 0.717) is 58.5 Å².